The molecule has 0 saturated heterocycles. The molecule has 3 rings (SSSR count). The lowest BCUT2D eigenvalue weighted by Crippen LogP contribution is -2.36. The first-order valence-corrected chi connectivity index (χ1v) is 8.98. The minimum Gasteiger partial charge on any atom is -0.482 e. The van der Waals surface area contributed by atoms with Crippen LogP contribution in [0, 0.1) is 13.8 Å². The van der Waals surface area contributed by atoms with Crippen LogP contribution in [0.15, 0.2) is 36.4 Å². The van der Waals surface area contributed by atoms with E-state index < -0.39 is 18.0 Å². The molecule has 0 radical (unpaired) electrons. The number of aryl methyl sites for hydroxylation is 2. The second-order valence-corrected chi connectivity index (χ2v) is 6.60. The lowest BCUT2D eigenvalue weighted by atomic mass is 10.1. The van der Waals surface area contributed by atoms with E-state index in [-0.39, 0.29) is 19.9 Å². The fraction of sp³-hybridized carbons (Fsp3) is 0.333. The van der Waals surface area contributed by atoms with Crippen LogP contribution >= 0.6 is 0 Å². The van der Waals surface area contributed by atoms with Crippen LogP contribution in [0.2, 0.25) is 0 Å². The molecule has 0 spiro atoms. The highest BCUT2D eigenvalue weighted by Crippen LogP contribution is 2.32. The molecule has 7 heteroatoms. The summed E-state index contributed by atoms with van der Waals surface area (Å²) in [5.74, 6) is 0.956. The third-order valence-corrected chi connectivity index (χ3v) is 4.27. The molecule has 0 aliphatic carbocycles. The molecule has 0 saturated carbocycles. The van der Waals surface area contributed by atoms with Crippen molar-refractivity contribution in [3.8, 4) is 17.2 Å². The Kier molecular flexibility index (Phi) is 6.03. The van der Waals surface area contributed by atoms with Crippen molar-refractivity contribution in [1.82, 2.24) is 5.32 Å². The van der Waals surface area contributed by atoms with Gasteiger partial charge >= 0.3 is 5.97 Å². The highest BCUT2D eigenvalue weighted by molar-refractivity contribution is 5.83. The number of carbonyl (C=O) groups excluding carboxylic acids is 2. The summed E-state index contributed by atoms with van der Waals surface area (Å²) in [6.07, 6.45) is -0.927. The number of nitrogens with one attached hydrogen (secondary N) is 1. The summed E-state index contributed by atoms with van der Waals surface area (Å²) >= 11 is 0. The Morgan fingerprint density at radius 3 is 2.71 bits per heavy atom. The first-order valence-electron chi connectivity index (χ1n) is 8.98. The number of benzene rings is 2. The van der Waals surface area contributed by atoms with Crippen LogP contribution in [-0.4, -0.2) is 31.4 Å². The van der Waals surface area contributed by atoms with Gasteiger partial charge in [0.05, 0.1) is 0 Å². The molecule has 1 N–H and O–H groups in total. The van der Waals surface area contributed by atoms with Crippen molar-refractivity contribution in [3.05, 3.63) is 53.1 Å². The molecular formula is C21H23NO6. The van der Waals surface area contributed by atoms with Crippen molar-refractivity contribution in [2.75, 3.05) is 13.4 Å². The monoisotopic (exact) mass is 385 g/mol. The van der Waals surface area contributed by atoms with Crippen LogP contribution in [0.25, 0.3) is 0 Å². The number of fused-ring (bicyclic) bond motifs is 1. The summed E-state index contributed by atoms with van der Waals surface area (Å²) in [5, 5.41) is 2.73. The number of rotatable bonds is 7. The highest BCUT2D eigenvalue weighted by Gasteiger charge is 2.19. The van der Waals surface area contributed by atoms with Crippen LogP contribution in [0.3, 0.4) is 0 Å². The lowest BCUT2D eigenvalue weighted by molar-refractivity contribution is -0.156. The average molecular weight is 385 g/mol. The zero-order chi connectivity index (χ0) is 20.1. The van der Waals surface area contributed by atoms with Crippen LogP contribution in [0.4, 0.5) is 0 Å². The third-order valence-electron chi connectivity index (χ3n) is 4.27. The SMILES string of the molecule is Cc1ccc(C)c(OCC(=O)O[C@@H](C)C(=O)NCc2ccc3c(c2)OCO3)c1. The van der Waals surface area contributed by atoms with E-state index in [1.54, 1.807) is 12.1 Å². The van der Waals surface area contributed by atoms with Crippen LogP contribution in [0.1, 0.15) is 23.6 Å². The predicted octanol–water partition coefficient (Wildman–Crippen LogP) is 2.66. The minimum absolute atomic E-state index is 0.197. The first kappa shape index (κ1) is 19.5. The maximum atomic E-state index is 12.2. The van der Waals surface area contributed by atoms with E-state index in [2.05, 4.69) is 5.32 Å². The topological polar surface area (TPSA) is 83.1 Å². The van der Waals surface area contributed by atoms with E-state index in [0.29, 0.717) is 17.2 Å². The summed E-state index contributed by atoms with van der Waals surface area (Å²) < 4.78 is 21.2. The van der Waals surface area contributed by atoms with E-state index in [1.807, 2.05) is 38.1 Å². The van der Waals surface area contributed by atoms with Gasteiger partial charge in [0, 0.05) is 6.54 Å². The van der Waals surface area contributed by atoms with Crippen molar-refractivity contribution < 1.29 is 28.5 Å². The molecule has 148 valence electrons. The van der Waals surface area contributed by atoms with Crippen molar-refractivity contribution in [2.45, 2.75) is 33.4 Å². The molecule has 2 aromatic rings. The predicted molar refractivity (Wildman–Crippen MR) is 101 cm³/mol. The number of hydrogen-bond donors (Lipinski definition) is 1. The molecule has 0 fully saturated rings. The largest absolute Gasteiger partial charge is 0.482 e. The summed E-state index contributed by atoms with van der Waals surface area (Å²) in [7, 11) is 0. The molecule has 2 aromatic carbocycles. The molecule has 1 atom stereocenters. The van der Waals surface area contributed by atoms with Gasteiger partial charge in [0.2, 0.25) is 6.79 Å². The number of esters is 1. The van der Waals surface area contributed by atoms with Gasteiger partial charge in [0.15, 0.2) is 24.2 Å². The minimum atomic E-state index is -0.927. The molecule has 0 aromatic heterocycles. The Hall–Kier alpha value is -3.22. The Bertz CT molecular complexity index is 879. The van der Waals surface area contributed by atoms with E-state index in [1.165, 1.54) is 6.92 Å². The van der Waals surface area contributed by atoms with Gasteiger partial charge in [-0.1, -0.05) is 18.2 Å². The second kappa shape index (κ2) is 8.65. The molecule has 0 unspecified atom stereocenters. The van der Waals surface area contributed by atoms with Gasteiger partial charge in [0.1, 0.15) is 5.75 Å². The molecule has 7 nitrogen and oxygen atoms in total. The normalized spacial score (nSPS) is 13.0. The average Bonchev–Trinajstić information content (AvgIpc) is 3.14. The van der Waals surface area contributed by atoms with E-state index in [9.17, 15) is 9.59 Å². The molecule has 1 aliphatic heterocycles. The van der Waals surface area contributed by atoms with Gasteiger partial charge in [-0.25, -0.2) is 4.79 Å². The lowest BCUT2D eigenvalue weighted by Gasteiger charge is -2.15. The van der Waals surface area contributed by atoms with Crippen LogP contribution in [-0.2, 0) is 20.9 Å². The first-order chi connectivity index (χ1) is 13.4. The van der Waals surface area contributed by atoms with Gasteiger partial charge in [-0.2, -0.15) is 0 Å². The number of carbonyl (C=O) groups is 2. The summed E-state index contributed by atoms with van der Waals surface area (Å²) in [4.78, 5) is 24.1. The van der Waals surface area contributed by atoms with Crippen molar-refractivity contribution in [3.63, 3.8) is 0 Å². The van der Waals surface area contributed by atoms with Gasteiger partial charge < -0.3 is 24.3 Å². The quantitative estimate of drug-likeness (QED) is 0.738. The highest BCUT2D eigenvalue weighted by atomic mass is 16.7. The Morgan fingerprint density at radius 1 is 1.11 bits per heavy atom. The number of hydrogen-bond acceptors (Lipinski definition) is 6. The molecule has 1 heterocycles. The van der Waals surface area contributed by atoms with Crippen molar-refractivity contribution in [2.24, 2.45) is 0 Å². The standard InChI is InChI=1S/C21H23NO6/c1-13-4-5-14(2)18(8-13)25-11-20(23)28-15(3)21(24)22-10-16-6-7-17-19(9-16)27-12-26-17/h4-9,15H,10-12H2,1-3H3,(H,22,24)/t15-/m0/s1. The Balaban J connectivity index is 1.44. The zero-order valence-electron chi connectivity index (χ0n) is 16.1. The van der Waals surface area contributed by atoms with E-state index in [4.69, 9.17) is 18.9 Å². The molecule has 28 heavy (non-hydrogen) atoms. The Morgan fingerprint density at radius 2 is 1.89 bits per heavy atom. The van der Waals surface area contributed by atoms with Gasteiger partial charge in [-0.05, 0) is 55.7 Å². The molecule has 1 amide bonds. The molecule has 1 aliphatic rings. The van der Waals surface area contributed by atoms with E-state index in [0.717, 1.165) is 16.7 Å². The number of ether oxygens (including phenoxy) is 4. The fourth-order valence-electron chi connectivity index (χ4n) is 2.67. The van der Waals surface area contributed by atoms with Gasteiger partial charge in [0.25, 0.3) is 5.91 Å². The molecular weight excluding hydrogens is 362 g/mol. The smallest absolute Gasteiger partial charge is 0.344 e. The number of amides is 1. The van der Waals surface area contributed by atoms with Crippen molar-refractivity contribution in [1.29, 1.82) is 0 Å². The maximum Gasteiger partial charge on any atom is 0.344 e. The van der Waals surface area contributed by atoms with Gasteiger partial charge in [-0.15, -0.1) is 0 Å². The van der Waals surface area contributed by atoms with Crippen LogP contribution < -0.4 is 19.5 Å². The Labute approximate surface area is 163 Å². The zero-order valence-corrected chi connectivity index (χ0v) is 16.1. The summed E-state index contributed by atoms with van der Waals surface area (Å²) in [6, 6.07) is 11.2. The fourth-order valence-corrected chi connectivity index (χ4v) is 2.67. The summed E-state index contributed by atoms with van der Waals surface area (Å²) in [6.45, 7) is 5.58. The third kappa shape index (κ3) is 4.94. The second-order valence-electron chi connectivity index (χ2n) is 6.60. The van der Waals surface area contributed by atoms with Crippen molar-refractivity contribution >= 4 is 11.9 Å². The van der Waals surface area contributed by atoms with E-state index >= 15 is 0 Å². The maximum absolute atomic E-state index is 12.2. The van der Waals surface area contributed by atoms with Crippen LogP contribution in [0.5, 0.6) is 17.2 Å². The summed E-state index contributed by atoms with van der Waals surface area (Å²) in [5.41, 5.74) is 2.81. The van der Waals surface area contributed by atoms with Gasteiger partial charge in [-0.3, -0.25) is 4.79 Å². The molecule has 0 bridgehead atoms.